The molecule has 0 spiro atoms. The highest BCUT2D eigenvalue weighted by atomic mass is 79.9. The van der Waals surface area contributed by atoms with E-state index in [0.29, 0.717) is 6.42 Å². The summed E-state index contributed by atoms with van der Waals surface area (Å²) in [7, 11) is 0. The molecule has 1 heterocycles. The Morgan fingerprint density at radius 3 is 2.31 bits per heavy atom. The van der Waals surface area contributed by atoms with E-state index < -0.39 is 4.92 Å². The number of hydrogen-bond acceptors (Lipinski definition) is 4. The van der Waals surface area contributed by atoms with E-state index in [1.807, 2.05) is 24.3 Å². The molecule has 2 aromatic carbocycles. The summed E-state index contributed by atoms with van der Waals surface area (Å²) in [5, 5.41) is 10.9. The smallest absolute Gasteiger partial charge is 0.269 e. The van der Waals surface area contributed by atoms with Crippen molar-refractivity contribution in [2.24, 2.45) is 0 Å². The third-order valence-corrected chi connectivity index (χ3v) is 5.48. The van der Waals surface area contributed by atoms with Crippen molar-refractivity contribution in [3.8, 4) is 0 Å². The first kappa shape index (κ1) is 17.0. The summed E-state index contributed by atoms with van der Waals surface area (Å²) in [6, 6.07) is 14.3. The molecule has 1 aliphatic carbocycles. The van der Waals surface area contributed by atoms with Crippen molar-refractivity contribution in [2.75, 3.05) is 0 Å². The number of halogens is 1. The molecule has 0 N–H and O–H groups in total. The van der Waals surface area contributed by atoms with E-state index in [0.717, 1.165) is 39.8 Å². The van der Waals surface area contributed by atoms with Gasteiger partial charge in [-0.25, -0.2) is 0 Å². The maximum atomic E-state index is 12.6. The van der Waals surface area contributed by atoms with Crippen molar-refractivity contribution < 1.29 is 14.5 Å². The molecule has 0 amide bonds. The zero-order valence-corrected chi connectivity index (χ0v) is 15.4. The molecule has 0 saturated carbocycles. The van der Waals surface area contributed by atoms with E-state index in [-0.39, 0.29) is 23.5 Å². The second kappa shape index (κ2) is 6.68. The average molecular weight is 414 g/mol. The van der Waals surface area contributed by atoms with Gasteiger partial charge in [0.2, 0.25) is 0 Å². The van der Waals surface area contributed by atoms with Crippen LogP contribution in [0.15, 0.2) is 64.3 Å². The van der Waals surface area contributed by atoms with Crippen molar-refractivity contribution in [1.82, 2.24) is 0 Å². The summed E-state index contributed by atoms with van der Waals surface area (Å²) in [5.41, 5.74) is 2.66. The van der Waals surface area contributed by atoms with Crippen LogP contribution in [0.25, 0.3) is 0 Å². The Morgan fingerprint density at radius 2 is 1.65 bits per heavy atom. The minimum atomic E-state index is -0.418. The van der Waals surface area contributed by atoms with E-state index in [4.69, 9.17) is 4.74 Å². The Hall–Kier alpha value is -2.47. The number of carbonyl (C=O) groups is 1. The van der Waals surface area contributed by atoms with Crippen molar-refractivity contribution in [3.05, 3.63) is 85.6 Å². The Kier molecular flexibility index (Phi) is 4.36. The monoisotopic (exact) mass is 413 g/mol. The molecule has 132 valence electrons. The number of ether oxygens (including phenoxy) is 1. The number of non-ortho nitro benzene ring substituents is 1. The largest absolute Gasteiger partial charge is 0.489 e. The van der Waals surface area contributed by atoms with Crippen LogP contribution in [0.2, 0.25) is 0 Å². The van der Waals surface area contributed by atoms with Gasteiger partial charge in [0.1, 0.15) is 11.9 Å². The third kappa shape index (κ3) is 2.94. The zero-order chi connectivity index (χ0) is 18.3. The first-order valence-corrected chi connectivity index (χ1v) is 9.26. The number of carbonyl (C=O) groups excluding carboxylic acids is 1. The van der Waals surface area contributed by atoms with Crippen molar-refractivity contribution in [2.45, 2.75) is 31.3 Å². The fourth-order valence-electron chi connectivity index (χ4n) is 3.73. The van der Waals surface area contributed by atoms with Gasteiger partial charge in [0.15, 0.2) is 5.78 Å². The molecule has 0 aromatic heterocycles. The van der Waals surface area contributed by atoms with E-state index in [1.165, 1.54) is 12.1 Å². The van der Waals surface area contributed by atoms with E-state index in [2.05, 4.69) is 15.9 Å². The Labute approximate surface area is 159 Å². The lowest BCUT2D eigenvalue weighted by molar-refractivity contribution is -0.384. The molecule has 0 saturated heterocycles. The quantitative estimate of drug-likeness (QED) is 0.510. The van der Waals surface area contributed by atoms with Gasteiger partial charge in [-0.1, -0.05) is 28.1 Å². The molecule has 26 heavy (non-hydrogen) atoms. The number of allylic oxidation sites excluding steroid dienone is 1. The second-order valence-corrected chi connectivity index (χ2v) is 7.45. The minimum absolute atomic E-state index is 0.0423. The standard InChI is InChI=1S/C20H16BrNO4/c21-14-8-4-12(5-9-14)18-19-16(23)2-1-3-17(19)26-20(18)13-6-10-15(11-7-13)22(24)25/h4-11,18,20H,1-3H2/t18-,20+/m0/s1. The molecular formula is C20H16BrNO4. The lowest BCUT2D eigenvalue weighted by Gasteiger charge is -2.22. The predicted octanol–water partition coefficient (Wildman–Crippen LogP) is 5.22. The van der Waals surface area contributed by atoms with Crippen LogP contribution >= 0.6 is 15.9 Å². The van der Waals surface area contributed by atoms with Gasteiger partial charge < -0.3 is 4.74 Å². The normalized spacial score (nSPS) is 22.1. The van der Waals surface area contributed by atoms with Crippen LogP contribution in [-0.2, 0) is 9.53 Å². The summed E-state index contributed by atoms with van der Waals surface area (Å²) in [4.78, 5) is 23.1. The van der Waals surface area contributed by atoms with Crippen LogP contribution in [0.1, 0.15) is 42.4 Å². The van der Waals surface area contributed by atoms with Gasteiger partial charge in [0.25, 0.3) is 5.69 Å². The summed E-state index contributed by atoms with van der Waals surface area (Å²) in [6.45, 7) is 0. The first-order chi connectivity index (χ1) is 12.5. The molecular weight excluding hydrogens is 398 g/mol. The van der Waals surface area contributed by atoms with Crippen LogP contribution in [0.5, 0.6) is 0 Å². The van der Waals surface area contributed by atoms with Gasteiger partial charge in [-0.05, 0) is 41.8 Å². The Bertz CT molecular complexity index is 902. The predicted molar refractivity (Wildman–Crippen MR) is 99.7 cm³/mol. The van der Waals surface area contributed by atoms with Gasteiger partial charge in [0, 0.05) is 35.0 Å². The fourth-order valence-corrected chi connectivity index (χ4v) is 4.00. The van der Waals surface area contributed by atoms with Crippen LogP contribution in [0, 0.1) is 10.1 Å². The van der Waals surface area contributed by atoms with Crippen LogP contribution < -0.4 is 0 Å². The topological polar surface area (TPSA) is 69.4 Å². The molecule has 6 heteroatoms. The number of nitro benzene ring substituents is 1. The van der Waals surface area contributed by atoms with Gasteiger partial charge in [0.05, 0.1) is 10.8 Å². The summed E-state index contributed by atoms with van der Waals surface area (Å²) in [6.07, 6.45) is 1.77. The van der Waals surface area contributed by atoms with E-state index >= 15 is 0 Å². The van der Waals surface area contributed by atoms with Crippen molar-refractivity contribution in [3.63, 3.8) is 0 Å². The maximum absolute atomic E-state index is 12.6. The fraction of sp³-hybridized carbons (Fsp3) is 0.250. The molecule has 2 atom stereocenters. The summed E-state index contributed by atoms with van der Waals surface area (Å²) in [5.74, 6) is 0.730. The van der Waals surface area contributed by atoms with Gasteiger partial charge in [-0.3, -0.25) is 14.9 Å². The highest BCUT2D eigenvalue weighted by Gasteiger charge is 2.43. The average Bonchev–Trinajstić information content (AvgIpc) is 3.03. The molecule has 0 bridgehead atoms. The Balaban J connectivity index is 1.77. The first-order valence-electron chi connectivity index (χ1n) is 8.47. The molecule has 1 aliphatic heterocycles. The van der Waals surface area contributed by atoms with Gasteiger partial charge in [-0.2, -0.15) is 0 Å². The molecule has 2 aromatic rings. The van der Waals surface area contributed by atoms with Gasteiger partial charge >= 0.3 is 0 Å². The third-order valence-electron chi connectivity index (χ3n) is 4.95. The number of benzene rings is 2. The lowest BCUT2D eigenvalue weighted by Crippen LogP contribution is -2.16. The lowest BCUT2D eigenvalue weighted by atomic mass is 9.80. The maximum Gasteiger partial charge on any atom is 0.269 e. The van der Waals surface area contributed by atoms with E-state index in [9.17, 15) is 14.9 Å². The highest BCUT2D eigenvalue weighted by molar-refractivity contribution is 9.10. The Morgan fingerprint density at radius 1 is 1.00 bits per heavy atom. The SMILES string of the molecule is O=C1CCCC2=C1[C@H](c1ccc(Br)cc1)[C@@H](c1ccc([N+](=O)[O-])cc1)O2. The van der Waals surface area contributed by atoms with Crippen molar-refractivity contribution >= 4 is 27.4 Å². The number of nitro groups is 1. The van der Waals surface area contributed by atoms with Crippen molar-refractivity contribution in [1.29, 1.82) is 0 Å². The summed E-state index contributed by atoms with van der Waals surface area (Å²) >= 11 is 3.44. The number of ketones is 1. The number of nitrogens with zero attached hydrogens (tertiary/aromatic N) is 1. The molecule has 0 radical (unpaired) electrons. The molecule has 0 fully saturated rings. The molecule has 5 nitrogen and oxygen atoms in total. The summed E-state index contributed by atoms with van der Waals surface area (Å²) < 4.78 is 7.17. The number of Topliss-reactive ketones (excluding diaryl/α,β-unsaturated/α-hetero) is 1. The second-order valence-electron chi connectivity index (χ2n) is 6.53. The van der Waals surface area contributed by atoms with Crippen LogP contribution in [-0.4, -0.2) is 10.7 Å². The zero-order valence-electron chi connectivity index (χ0n) is 13.9. The molecule has 4 rings (SSSR count). The van der Waals surface area contributed by atoms with Crippen LogP contribution in [0.4, 0.5) is 5.69 Å². The number of hydrogen-bond donors (Lipinski definition) is 0. The highest BCUT2D eigenvalue weighted by Crippen LogP contribution is 2.51. The van der Waals surface area contributed by atoms with Gasteiger partial charge in [-0.15, -0.1) is 0 Å². The van der Waals surface area contributed by atoms with E-state index in [1.54, 1.807) is 12.1 Å². The molecule has 2 aliphatic rings. The molecule has 0 unspecified atom stereocenters. The number of rotatable bonds is 3. The van der Waals surface area contributed by atoms with Crippen LogP contribution in [0.3, 0.4) is 0 Å². The minimum Gasteiger partial charge on any atom is -0.489 e.